The van der Waals surface area contributed by atoms with Crippen molar-refractivity contribution in [1.82, 2.24) is 5.32 Å². The van der Waals surface area contributed by atoms with Gasteiger partial charge in [-0.2, -0.15) is 0 Å². The number of ether oxygens (including phenoxy) is 1. The van der Waals surface area contributed by atoms with Crippen LogP contribution < -0.4 is 5.32 Å². The number of nitrogens with one attached hydrogen (secondary N) is 1. The van der Waals surface area contributed by atoms with Gasteiger partial charge in [0, 0.05) is 6.42 Å². The third-order valence-electron chi connectivity index (χ3n) is 9.59. The second-order valence-corrected chi connectivity index (χ2v) is 13.8. The Morgan fingerprint density at radius 3 is 1.94 bits per heavy atom. The van der Waals surface area contributed by atoms with Crippen LogP contribution in [0, 0.1) is 0 Å². The molecule has 0 aliphatic carbocycles. The molecular formula is C39H67NO8. The van der Waals surface area contributed by atoms with Crippen molar-refractivity contribution in [2.24, 2.45) is 0 Å². The molecule has 9 heteroatoms. The number of unbranched alkanes of at least 4 members (excludes halogenated alkanes) is 15. The normalized spacial score (nSPS) is 23.3. The highest BCUT2D eigenvalue weighted by atomic mass is 16.5. The summed E-state index contributed by atoms with van der Waals surface area (Å²) in [5, 5.41) is 65.0. The zero-order valence-corrected chi connectivity index (χ0v) is 29.5. The van der Waals surface area contributed by atoms with Crippen LogP contribution in [0.25, 0.3) is 0 Å². The topological polar surface area (TPSA) is 160 Å². The Morgan fingerprint density at radius 1 is 0.771 bits per heavy atom. The molecule has 2 unspecified atom stereocenters. The second kappa shape index (κ2) is 26.0. The Balaban J connectivity index is 1.80. The molecule has 0 aromatic heterocycles. The molecule has 1 aliphatic rings. The van der Waals surface area contributed by atoms with Gasteiger partial charge < -0.3 is 40.7 Å². The van der Waals surface area contributed by atoms with Gasteiger partial charge in [-0.3, -0.25) is 4.79 Å². The largest absolute Gasteiger partial charge is 0.394 e. The molecule has 1 aromatic rings. The molecule has 1 heterocycles. The van der Waals surface area contributed by atoms with E-state index < -0.39 is 55.4 Å². The summed E-state index contributed by atoms with van der Waals surface area (Å²) in [7, 11) is 0. The molecule has 7 N–H and O–H groups in total. The average molecular weight is 678 g/mol. The maximum Gasteiger partial charge on any atom is 0.220 e. The van der Waals surface area contributed by atoms with Crippen LogP contribution in [-0.4, -0.2) is 91.9 Å². The molecule has 9 nitrogen and oxygen atoms in total. The van der Waals surface area contributed by atoms with E-state index in [4.69, 9.17) is 4.74 Å². The summed E-state index contributed by atoms with van der Waals surface area (Å²) in [4.78, 5) is 12.9. The summed E-state index contributed by atoms with van der Waals surface area (Å²) >= 11 is 0. The van der Waals surface area contributed by atoms with Gasteiger partial charge in [0.05, 0.1) is 18.8 Å². The summed E-state index contributed by atoms with van der Waals surface area (Å²) in [5.41, 5.74) is 1.33. The van der Waals surface area contributed by atoms with Gasteiger partial charge in [-0.25, -0.2) is 0 Å². The Labute approximate surface area is 289 Å². The first-order valence-electron chi connectivity index (χ1n) is 19.0. The Morgan fingerprint density at radius 2 is 1.33 bits per heavy atom. The molecule has 2 rings (SSSR count). The van der Waals surface area contributed by atoms with Crippen molar-refractivity contribution in [3.05, 3.63) is 48.0 Å². The molecule has 276 valence electrons. The van der Waals surface area contributed by atoms with E-state index in [1.807, 2.05) is 6.07 Å². The van der Waals surface area contributed by atoms with Gasteiger partial charge in [-0.15, -0.1) is 0 Å². The van der Waals surface area contributed by atoms with E-state index >= 15 is 0 Å². The van der Waals surface area contributed by atoms with E-state index in [9.17, 15) is 35.4 Å². The predicted octanol–water partition coefficient (Wildman–Crippen LogP) is 5.27. The van der Waals surface area contributed by atoms with Crippen molar-refractivity contribution in [2.75, 3.05) is 6.61 Å². The van der Waals surface area contributed by atoms with Crippen LogP contribution in [-0.2, 0) is 16.0 Å². The minimum atomic E-state index is -1.53. The predicted molar refractivity (Wildman–Crippen MR) is 190 cm³/mol. The van der Waals surface area contributed by atoms with E-state index in [-0.39, 0.29) is 12.3 Å². The zero-order valence-electron chi connectivity index (χ0n) is 29.5. The fourth-order valence-corrected chi connectivity index (χ4v) is 6.42. The molecule has 0 saturated carbocycles. The highest BCUT2D eigenvalue weighted by molar-refractivity contribution is 5.76. The standard InChI is InChI=1S/C39H67NO8/c1-2-3-4-5-6-7-8-9-10-11-14-20-25-32(42)36(44)31(27-28-33-37(45)39(47)38(46)34(29-41)48-33)40-35(43)26-21-15-12-13-17-22-30-23-18-16-19-24-30/h16,18-19,23-24,27-28,31-34,36-39,41-42,44-47H,2-15,17,20-22,25-26,29H2,1H3,(H,40,43)/b28-27+/t31-,32+,33-,34?,36-,37?,38-,39+/m0/s1. The van der Waals surface area contributed by atoms with E-state index in [2.05, 4.69) is 36.5 Å². The fraction of sp³-hybridized carbons (Fsp3) is 0.769. The van der Waals surface area contributed by atoms with Gasteiger partial charge in [0.2, 0.25) is 5.91 Å². The van der Waals surface area contributed by atoms with Crippen molar-refractivity contribution in [1.29, 1.82) is 0 Å². The number of rotatable bonds is 27. The van der Waals surface area contributed by atoms with Crippen LogP contribution in [0.1, 0.15) is 134 Å². The summed E-state index contributed by atoms with van der Waals surface area (Å²) in [6.45, 7) is 1.68. The lowest BCUT2D eigenvalue weighted by atomic mass is 9.93. The number of aliphatic hydroxyl groups is 6. The third-order valence-corrected chi connectivity index (χ3v) is 9.59. The van der Waals surface area contributed by atoms with Crippen LogP contribution in [0.4, 0.5) is 0 Å². The summed E-state index contributed by atoms with van der Waals surface area (Å²) in [6.07, 6.45) is 14.8. The SMILES string of the molecule is CCCCCCCCCCCCCC[C@@H](O)[C@@H](O)[C@H](/C=C/[C@@H]1OC(CO)[C@H](O)[C@H](O)C1O)NC(=O)CCCCCCCc1ccccc1. The highest BCUT2D eigenvalue weighted by Crippen LogP contribution is 2.23. The number of amides is 1. The Kier molecular flexibility index (Phi) is 22.9. The smallest absolute Gasteiger partial charge is 0.220 e. The fourth-order valence-electron chi connectivity index (χ4n) is 6.42. The minimum absolute atomic E-state index is 0.251. The monoisotopic (exact) mass is 677 g/mol. The summed E-state index contributed by atoms with van der Waals surface area (Å²) in [6, 6.07) is 9.44. The van der Waals surface area contributed by atoms with Crippen LogP contribution >= 0.6 is 0 Å². The number of benzene rings is 1. The molecule has 1 fully saturated rings. The Bertz CT molecular complexity index is 961. The van der Waals surface area contributed by atoms with Crippen molar-refractivity contribution in [3.63, 3.8) is 0 Å². The first kappa shape index (κ1) is 42.3. The maximum atomic E-state index is 12.9. The van der Waals surface area contributed by atoms with Crippen molar-refractivity contribution in [2.45, 2.75) is 184 Å². The quantitative estimate of drug-likeness (QED) is 0.0490. The molecule has 1 saturated heterocycles. The van der Waals surface area contributed by atoms with Crippen LogP contribution in [0.3, 0.4) is 0 Å². The first-order valence-corrected chi connectivity index (χ1v) is 19.0. The lowest BCUT2D eigenvalue weighted by Gasteiger charge is -2.39. The van der Waals surface area contributed by atoms with Crippen LogP contribution in [0.15, 0.2) is 42.5 Å². The lowest BCUT2D eigenvalue weighted by Crippen LogP contribution is -2.58. The van der Waals surface area contributed by atoms with Crippen molar-refractivity contribution >= 4 is 5.91 Å². The molecule has 8 atom stereocenters. The van der Waals surface area contributed by atoms with Crippen LogP contribution in [0.5, 0.6) is 0 Å². The minimum Gasteiger partial charge on any atom is -0.394 e. The number of carbonyl (C=O) groups excluding carboxylic acids is 1. The van der Waals surface area contributed by atoms with Gasteiger partial charge in [0.1, 0.15) is 36.6 Å². The molecule has 1 aliphatic heterocycles. The average Bonchev–Trinajstić information content (AvgIpc) is 3.09. The molecule has 0 radical (unpaired) electrons. The van der Waals surface area contributed by atoms with Gasteiger partial charge >= 0.3 is 0 Å². The molecular weight excluding hydrogens is 610 g/mol. The number of hydrogen-bond donors (Lipinski definition) is 7. The van der Waals surface area contributed by atoms with E-state index in [1.165, 1.54) is 75.5 Å². The number of hydrogen-bond acceptors (Lipinski definition) is 8. The number of aryl methyl sites for hydroxylation is 1. The van der Waals surface area contributed by atoms with E-state index in [1.54, 1.807) is 0 Å². The molecule has 0 bridgehead atoms. The zero-order chi connectivity index (χ0) is 35.0. The Hall–Kier alpha value is -1.85. The van der Waals surface area contributed by atoms with Gasteiger partial charge in [0.25, 0.3) is 0 Å². The molecule has 0 spiro atoms. The molecule has 1 amide bonds. The number of aliphatic hydroxyl groups excluding tert-OH is 6. The molecule has 1 aromatic carbocycles. The van der Waals surface area contributed by atoms with E-state index in [0.717, 1.165) is 51.4 Å². The lowest BCUT2D eigenvalue weighted by molar-refractivity contribution is -0.216. The van der Waals surface area contributed by atoms with E-state index in [0.29, 0.717) is 12.8 Å². The summed E-state index contributed by atoms with van der Waals surface area (Å²) in [5.74, 6) is -0.251. The van der Waals surface area contributed by atoms with Gasteiger partial charge in [-0.1, -0.05) is 146 Å². The van der Waals surface area contributed by atoms with Gasteiger partial charge in [0.15, 0.2) is 0 Å². The van der Waals surface area contributed by atoms with Crippen molar-refractivity contribution < 1.29 is 40.2 Å². The number of carbonyl (C=O) groups is 1. The van der Waals surface area contributed by atoms with Gasteiger partial charge in [-0.05, 0) is 31.2 Å². The first-order chi connectivity index (χ1) is 23.3. The van der Waals surface area contributed by atoms with Crippen molar-refractivity contribution in [3.8, 4) is 0 Å². The third kappa shape index (κ3) is 17.2. The second-order valence-electron chi connectivity index (χ2n) is 13.8. The highest BCUT2D eigenvalue weighted by Gasteiger charge is 2.42. The van der Waals surface area contributed by atoms with Crippen LogP contribution in [0.2, 0.25) is 0 Å². The molecule has 48 heavy (non-hydrogen) atoms. The maximum absolute atomic E-state index is 12.9. The summed E-state index contributed by atoms with van der Waals surface area (Å²) < 4.78 is 5.56.